The largest absolute Gasteiger partial charge is 0.300 e. The van der Waals surface area contributed by atoms with Crippen LogP contribution in [-0.2, 0) is 11.2 Å². The van der Waals surface area contributed by atoms with Crippen molar-refractivity contribution >= 4 is 33.3 Å². The molecule has 0 aliphatic heterocycles. The molecule has 0 saturated carbocycles. The Bertz CT molecular complexity index is 381. The van der Waals surface area contributed by atoms with Crippen molar-refractivity contribution in [3.8, 4) is 0 Å². The summed E-state index contributed by atoms with van der Waals surface area (Å²) >= 11 is 8.99. The Kier molecular flexibility index (Phi) is 5.42. The number of ketones is 1. The Labute approximate surface area is 108 Å². The molecule has 0 fully saturated rings. The zero-order chi connectivity index (χ0) is 12.1. The number of benzene rings is 1. The Morgan fingerprint density at radius 3 is 2.81 bits per heavy atom. The van der Waals surface area contributed by atoms with E-state index in [1.165, 1.54) is 12.1 Å². The molecule has 88 valence electrons. The first-order valence-corrected chi connectivity index (χ1v) is 6.37. The number of Topliss-reactive ketones (excluding diaryl/α,β-unsaturated/α-hetero) is 1. The average molecular weight is 308 g/mol. The van der Waals surface area contributed by atoms with Gasteiger partial charge in [0.2, 0.25) is 0 Å². The van der Waals surface area contributed by atoms with Gasteiger partial charge in [-0.1, -0.05) is 15.9 Å². The van der Waals surface area contributed by atoms with E-state index >= 15 is 0 Å². The standard InChI is InChI=1S/C12H13BrClFO/c1-8(16)9(4-5-14)6-10-7-11(15)2-3-12(10)13/h2-3,7,9H,4-6H2,1H3. The Morgan fingerprint density at radius 2 is 2.25 bits per heavy atom. The molecular weight excluding hydrogens is 294 g/mol. The van der Waals surface area contributed by atoms with Crippen LogP contribution in [0.2, 0.25) is 0 Å². The summed E-state index contributed by atoms with van der Waals surface area (Å²) in [7, 11) is 0. The van der Waals surface area contributed by atoms with Gasteiger partial charge in [0.15, 0.2) is 0 Å². The van der Waals surface area contributed by atoms with Crippen LogP contribution in [0.3, 0.4) is 0 Å². The van der Waals surface area contributed by atoms with Crippen molar-refractivity contribution in [3.05, 3.63) is 34.1 Å². The second kappa shape index (κ2) is 6.36. The number of alkyl halides is 1. The van der Waals surface area contributed by atoms with E-state index in [2.05, 4.69) is 15.9 Å². The van der Waals surface area contributed by atoms with E-state index in [0.29, 0.717) is 18.7 Å². The van der Waals surface area contributed by atoms with Crippen molar-refractivity contribution in [2.75, 3.05) is 5.88 Å². The number of halogens is 3. The third-order valence-electron chi connectivity index (χ3n) is 2.51. The molecule has 0 saturated heterocycles. The molecule has 0 N–H and O–H groups in total. The zero-order valence-electron chi connectivity index (χ0n) is 8.97. The van der Waals surface area contributed by atoms with Crippen LogP contribution in [0.5, 0.6) is 0 Å². The van der Waals surface area contributed by atoms with E-state index in [-0.39, 0.29) is 17.5 Å². The lowest BCUT2D eigenvalue weighted by molar-refractivity contribution is -0.120. The number of carbonyl (C=O) groups is 1. The summed E-state index contributed by atoms with van der Waals surface area (Å²) in [6.45, 7) is 1.55. The molecule has 4 heteroatoms. The molecule has 0 radical (unpaired) electrons. The molecule has 1 aromatic carbocycles. The molecule has 0 aliphatic carbocycles. The third kappa shape index (κ3) is 3.87. The summed E-state index contributed by atoms with van der Waals surface area (Å²) in [5, 5.41) is 0. The SMILES string of the molecule is CC(=O)C(CCCl)Cc1cc(F)ccc1Br. The van der Waals surface area contributed by atoms with E-state index in [0.717, 1.165) is 10.0 Å². The summed E-state index contributed by atoms with van der Waals surface area (Å²) in [6.07, 6.45) is 1.15. The maximum atomic E-state index is 13.1. The molecule has 1 unspecified atom stereocenters. The number of carbonyl (C=O) groups excluding carboxylic acids is 1. The summed E-state index contributed by atoms with van der Waals surface area (Å²) in [6, 6.07) is 4.49. The first-order valence-electron chi connectivity index (χ1n) is 5.05. The first-order chi connectivity index (χ1) is 7.54. The van der Waals surface area contributed by atoms with Gasteiger partial charge in [-0.2, -0.15) is 0 Å². The lowest BCUT2D eigenvalue weighted by Crippen LogP contribution is -2.15. The highest BCUT2D eigenvalue weighted by Crippen LogP contribution is 2.23. The van der Waals surface area contributed by atoms with E-state index in [1.807, 2.05) is 0 Å². The number of rotatable bonds is 5. The van der Waals surface area contributed by atoms with Gasteiger partial charge in [0.25, 0.3) is 0 Å². The van der Waals surface area contributed by atoms with E-state index in [1.54, 1.807) is 13.0 Å². The van der Waals surface area contributed by atoms with Crippen molar-refractivity contribution in [1.29, 1.82) is 0 Å². The Morgan fingerprint density at radius 1 is 1.56 bits per heavy atom. The first kappa shape index (κ1) is 13.7. The average Bonchev–Trinajstić information content (AvgIpc) is 2.22. The minimum atomic E-state index is -0.286. The molecule has 0 heterocycles. The van der Waals surface area contributed by atoms with Crippen LogP contribution >= 0.6 is 27.5 Å². The highest BCUT2D eigenvalue weighted by Gasteiger charge is 2.16. The molecule has 0 amide bonds. The van der Waals surface area contributed by atoms with Gasteiger partial charge >= 0.3 is 0 Å². The fourth-order valence-corrected chi connectivity index (χ4v) is 2.22. The van der Waals surface area contributed by atoms with Crippen LogP contribution < -0.4 is 0 Å². The van der Waals surface area contributed by atoms with Crippen LogP contribution in [0.25, 0.3) is 0 Å². The monoisotopic (exact) mass is 306 g/mol. The summed E-state index contributed by atoms with van der Waals surface area (Å²) in [4.78, 5) is 11.4. The number of hydrogen-bond acceptors (Lipinski definition) is 1. The van der Waals surface area contributed by atoms with Gasteiger partial charge in [-0.05, 0) is 43.5 Å². The van der Waals surface area contributed by atoms with Gasteiger partial charge in [-0.15, -0.1) is 11.6 Å². The summed E-state index contributed by atoms with van der Waals surface area (Å²) in [5.74, 6) is 0.121. The maximum Gasteiger partial charge on any atom is 0.133 e. The van der Waals surface area contributed by atoms with Gasteiger partial charge in [0.1, 0.15) is 11.6 Å². The molecule has 1 nitrogen and oxygen atoms in total. The molecule has 0 aromatic heterocycles. The molecule has 0 bridgehead atoms. The maximum absolute atomic E-state index is 13.1. The molecule has 1 rings (SSSR count). The molecule has 1 aromatic rings. The fraction of sp³-hybridized carbons (Fsp3) is 0.417. The molecule has 0 aliphatic rings. The van der Waals surface area contributed by atoms with Gasteiger partial charge in [0.05, 0.1) is 0 Å². The van der Waals surface area contributed by atoms with Gasteiger partial charge in [-0.25, -0.2) is 4.39 Å². The van der Waals surface area contributed by atoms with Crippen LogP contribution in [0.4, 0.5) is 4.39 Å². The second-order valence-electron chi connectivity index (χ2n) is 3.73. The molecule has 0 spiro atoms. The molecule has 1 atom stereocenters. The van der Waals surface area contributed by atoms with Gasteiger partial charge in [0, 0.05) is 16.3 Å². The Balaban J connectivity index is 2.84. The molecular formula is C12H13BrClFO. The van der Waals surface area contributed by atoms with Crippen LogP contribution in [0, 0.1) is 11.7 Å². The summed E-state index contributed by atoms with van der Waals surface area (Å²) in [5.41, 5.74) is 0.810. The van der Waals surface area contributed by atoms with Crippen molar-refractivity contribution in [2.45, 2.75) is 19.8 Å². The lowest BCUT2D eigenvalue weighted by atomic mass is 9.93. The second-order valence-corrected chi connectivity index (χ2v) is 4.96. The van der Waals surface area contributed by atoms with Crippen LogP contribution in [-0.4, -0.2) is 11.7 Å². The highest BCUT2D eigenvalue weighted by molar-refractivity contribution is 9.10. The topological polar surface area (TPSA) is 17.1 Å². The highest BCUT2D eigenvalue weighted by atomic mass is 79.9. The van der Waals surface area contributed by atoms with Gasteiger partial charge in [-0.3, -0.25) is 4.79 Å². The predicted octanol–water partition coefficient (Wildman–Crippen LogP) is 3.96. The normalized spacial score (nSPS) is 12.5. The van der Waals surface area contributed by atoms with Crippen molar-refractivity contribution in [2.24, 2.45) is 5.92 Å². The lowest BCUT2D eigenvalue weighted by Gasteiger charge is -2.13. The van der Waals surface area contributed by atoms with E-state index in [4.69, 9.17) is 11.6 Å². The Hall–Kier alpha value is -0.410. The quantitative estimate of drug-likeness (QED) is 0.752. The summed E-state index contributed by atoms with van der Waals surface area (Å²) < 4.78 is 13.9. The smallest absolute Gasteiger partial charge is 0.133 e. The van der Waals surface area contributed by atoms with Crippen molar-refractivity contribution in [3.63, 3.8) is 0 Å². The van der Waals surface area contributed by atoms with Crippen molar-refractivity contribution in [1.82, 2.24) is 0 Å². The zero-order valence-corrected chi connectivity index (χ0v) is 11.3. The van der Waals surface area contributed by atoms with Crippen LogP contribution in [0.1, 0.15) is 18.9 Å². The van der Waals surface area contributed by atoms with E-state index in [9.17, 15) is 9.18 Å². The minimum absolute atomic E-state index is 0.0943. The van der Waals surface area contributed by atoms with Gasteiger partial charge < -0.3 is 0 Å². The third-order valence-corrected chi connectivity index (χ3v) is 3.50. The fourth-order valence-electron chi connectivity index (χ4n) is 1.55. The molecule has 16 heavy (non-hydrogen) atoms. The minimum Gasteiger partial charge on any atom is -0.300 e. The number of hydrogen-bond donors (Lipinski definition) is 0. The van der Waals surface area contributed by atoms with Crippen molar-refractivity contribution < 1.29 is 9.18 Å². The van der Waals surface area contributed by atoms with Crippen LogP contribution in [0.15, 0.2) is 22.7 Å². The predicted molar refractivity (Wildman–Crippen MR) is 67.3 cm³/mol. The van der Waals surface area contributed by atoms with E-state index < -0.39 is 0 Å².